The van der Waals surface area contributed by atoms with Crippen molar-refractivity contribution in [2.75, 3.05) is 7.05 Å². The van der Waals surface area contributed by atoms with Crippen molar-refractivity contribution in [2.45, 2.75) is 17.9 Å². The summed E-state index contributed by atoms with van der Waals surface area (Å²) in [5.41, 5.74) is 0.568. The van der Waals surface area contributed by atoms with E-state index in [1.165, 1.54) is 38.4 Å². The number of aromatic nitrogens is 1. The lowest BCUT2D eigenvalue weighted by Crippen LogP contribution is -2.36. The molecule has 6 nitrogen and oxygen atoms in total. The molecule has 0 fully saturated rings. The molecule has 1 heterocycles. The minimum atomic E-state index is -3.71. The van der Waals surface area contributed by atoms with Crippen molar-refractivity contribution in [1.29, 1.82) is 0 Å². The number of carbonyl (C=O) groups excluding carboxylic acids is 1. The molecular formula is C14H15FN2O4S. The summed E-state index contributed by atoms with van der Waals surface area (Å²) in [6.45, 7) is 1.31. The van der Waals surface area contributed by atoms with E-state index in [1.807, 2.05) is 0 Å². The minimum Gasteiger partial charge on any atom is -0.444 e. The summed E-state index contributed by atoms with van der Waals surface area (Å²) in [7, 11) is -2.34. The van der Waals surface area contributed by atoms with E-state index >= 15 is 0 Å². The number of halogens is 1. The highest BCUT2D eigenvalue weighted by Crippen LogP contribution is 2.21. The van der Waals surface area contributed by atoms with Gasteiger partial charge in [0.15, 0.2) is 9.84 Å². The fourth-order valence-electron chi connectivity index (χ4n) is 1.82. The molecule has 0 spiro atoms. The Balaban J connectivity index is 2.21. The van der Waals surface area contributed by atoms with Crippen LogP contribution in [-0.4, -0.2) is 31.6 Å². The highest BCUT2D eigenvalue weighted by Gasteiger charge is 2.28. The lowest BCUT2D eigenvalue weighted by Gasteiger charge is -2.09. The Hall–Kier alpha value is -2.22. The average Bonchev–Trinajstić information content (AvgIpc) is 2.93. The van der Waals surface area contributed by atoms with Crippen LogP contribution in [0.1, 0.15) is 12.6 Å². The van der Waals surface area contributed by atoms with Gasteiger partial charge in [0.25, 0.3) is 0 Å². The second-order valence-corrected chi connectivity index (χ2v) is 7.04. The van der Waals surface area contributed by atoms with Crippen LogP contribution in [-0.2, 0) is 20.4 Å². The third-order valence-corrected chi connectivity index (χ3v) is 5.12. The smallest absolute Gasteiger partial charge is 0.237 e. The van der Waals surface area contributed by atoms with Gasteiger partial charge in [-0.3, -0.25) is 4.79 Å². The largest absolute Gasteiger partial charge is 0.444 e. The number of benzene rings is 1. The van der Waals surface area contributed by atoms with Gasteiger partial charge in [0, 0.05) is 12.6 Å². The molecule has 1 aromatic heterocycles. The van der Waals surface area contributed by atoms with Crippen molar-refractivity contribution in [2.24, 2.45) is 0 Å². The van der Waals surface area contributed by atoms with E-state index in [-0.39, 0.29) is 11.6 Å². The molecule has 1 N–H and O–H groups in total. The first-order chi connectivity index (χ1) is 10.3. The monoisotopic (exact) mass is 326 g/mol. The summed E-state index contributed by atoms with van der Waals surface area (Å²) in [5, 5.41) is 1.10. The van der Waals surface area contributed by atoms with Crippen LogP contribution in [0.5, 0.6) is 0 Å². The molecule has 118 valence electrons. The Morgan fingerprint density at radius 1 is 1.45 bits per heavy atom. The number of rotatable bonds is 5. The van der Waals surface area contributed by atoms with Crippen molar-refractivity contribution in [3.63, 3.8) is 0 Å². The zero-order valence-corrected chi connectivity index (χ0v) is 12.9. The zero-order valence-electron chi connectivity index (χ0n) is 12.0. The summed E-state index contributed by atoms with van der Waals surface area (Å²) in [6, 6.07) is 5.61. The van der Waals surface area contributed by atoms with Gasteiger partial charge in [-0.2, -0.15) is 0 Å². The van der Waals surface area contributed by atoms with Gasteiger partial charge in [0.05, 0.1) is 11.4 Å². The third-order valence-electron chi connectivity index (χ3n) is 3.13. The van der Waals surface area contributed by atoms with Gasteiger partial charge in [-0.05, 0) is 25.1 Å². The van der Waals surface area contributed by atoms with Crippen LogP contribution in [0, 0.1) is 5.82 Å². The fourth-order valence-corrected chi connectivity index (χ4v) is 3.06. The molecule has 0 saturated carbocycles. The maximum Gasteiger partial charge on any atom is 0.237 e. The zero-order chi connectivity index (χ0) is 16.3. The molecule has 0 aliphatic carbocycles. The van der Waals surface area contributed by atoms with E-state index in [9.17, 15) is 17.6 Å². The van der Waals surface area contributed by atoms with Crippen molar-refractivity contribution in [3.05, 3.63) is 42.0 Å². The molecule has 0 aliphatic rings. The number of sulfone groups is 1. The number of nitrogens with one attached hydrogen (secondary N) is 1. The maximum atomic E-state index is 13.2. The van der Waals surface area contributed by atoms with Crippen LogP contribution in [0.15, 0.2) is 34.9 Å². The van der Waals surface area contributed by atoms with E-state index in [1.54, 1.807) is 6.07 Å². The molecule has 0 aliphatic heterocycles. The molecule has 8 heteroatoms. The van der Waals surface area contributed by atoms with Gasteiger partial charge in [-0.1, -0.05) is 6.07 Å². The Labute approximate surface area is 127 Å². The predicted octanol–water partition coefficient (Wildman–Crippen LogP) is 1.53. The number of hydrogen-bond acceptors (Lipinski definition) is 5. The second-order valence-electron chi connectivity index (χ2n) is 4.72. The van der Waals surface area contributed by atoms with Crippen LogP contribution >= 0.6 is 0 Å². The molecule has 2 aromatic rings. The van der Waals surface area contributed by atoms with E-state index in [4.69, 9.17) is 4.42 Å². The van der Waals surface area contributed by atoms with Gasteiger partial charge in [0.1, 0.15) is 17.3 Å². The first kappa shape index (κ1) is 16.2. The Kier molecular flexibility index (Phi) is 4.60. The summed E-state index contributed by atoms with van der Waals surface area (Å²) in [6.07, 6.45) is 1.19. The van der Waals surface area contributed by atoms with Gasteiger partial charge in [0.2, 0.25) is 11.8 Å². The number of nitrogens with zero attached hydrogens (tertiary/aromatic N) is 1. The molecule has 2 rings (SSSR count). The van der Waals surface area contributed by atoms with Crippen molar-refractivity contribution in [1.82, 2.24) is 10.3 Å². The molecule has 0 radical (unpaired) electrons. The molecule has 0 bridgehead atoms. The molecule has 1 unspecified atom stereocenters. The van der Waals surface area contributed by atoms with Crippen LogP contribution in [0.4, 0.5) is 4.39 Å². The minimum absolute atomic E-state index is 0.122. The average molecular weight is 326 g/mol. The highest BCUT2D eigenvalue weighted by atomic mass is 32.2. The Morgan fingerprint density at radius 2 is 2.18 bits per heavy atom. The number of amides is 1. The van der Waals surface area contributed by atoms with Gasteiger partial charge in [-0.25, -0.2) is 17.8 Å². The molecule has 0 saturated heterocycles. The van der Waals surface area contributed by atoms with Gasteiger partial charge in [-0.15, -0.1) is 0 Å². The maximum absolute atomic E-state index is 13.2. The fraction of sp³-hybridized carbons (Fsp3) is 0.286. The van der Waals surface area contributed by atoms with E-state index < -0.39 is 32.6 Å². The predicted molar refractivity (Wildman–Crippen MR) is 78.0 cm³/mol. The van der Waals surface area contributed by atoms with Crippen molar-refractivity contribution < 1.29 is 22.0 Å². The number of oxazole rings is 1. The van der Waals surface area contributed by atoms with Crippen LogP contribution in [0.3, 0.4) is 0 Å². The van der Waals surface area contributed by atoms with E-state index in [2.05, 4.69) is 10.3 Å². The normalized spacial score (nSPS) is 12.9. The van der Waals surface area contributed by atoms with E-state index in [0.29, 0.717) is 5.56 Å². The first-order valence-corrected chi connectivity index (χ1v) is 8.18. The lowest BCUT2D eigenvalue weighted by atomic mass is 10.2. The summed E-state index contributed by atoms with van der Waals surface area (Å²) >= 11 is 0. The quantitative estimate of drug-likeness (QED) is 0.900. The molecule has 1 atom stereocenters. The van der Waals surface area contributed by atoms with Crippen molar-refractivity contribution >= 4 is 15.7 Å². The van der Waals surface area contributed by atoms with Crippen LogP contribution in [0.2, 0.25) is 0 Å². The summed E-state index contributed by atoms with van der Waals surface area (Å²) < 4.78 is 42.5. The standard InChI is InChI=1S/C14H15FN2O4S/c1-9(13(18)16-2)22(19,20)8-12-7-21-14(17-12)10-4-3-5-11(15)6-10/h3-7,9H,8H2,1-2H3,(H,16,18). The molecule has 1 aromatic carbocycles. The van der Waals surface area contributed by atoms with Gasteiger partial charge < -0.3 is 9.73 Å². The lowest BCUT2D eigenvalue weighted by molar-refractivity contribution is -0.119. The van der Waals surface area contributed by atoms with Gasteiger partial charge >= 0.3 is 0 Å². The van der Waals surface area contributed by atoms with Crippen molar-refractivity contribution in [3.8, 4) is 11.5 Å². The van der Waals surface area contributed by atoms with E-state index in [0.717, 1.165) is 0 Å². The topological polar surface area (TPSA) is 89.3 Å². The number of carbonyl (C=O) groups is 1. The second kappa shape index (κ2) is 6.27. The Bertz CT molecular complexity index is 786. The number of hydrogen-bond donors (Lipinski definition) is 1. The third kappa shape index (κ3) is 3.51. The Morgan fingerprint density at radius 3 is 2.82 bits per heavy atom. The van der Waals surface area contributed by atoms with Crippen LogP contribution < -0.4 is 5.32 Å². The SMILES string of the molecule is CNC(=O)C(C)S(=O)(=O)Cc1coc(-c2cccc(F)c2)n1. The first-order valence-electron chi connectivity index (χ1n) is 6.47. The summed E-state index contributed by atoms with van der Waals surface area (Å²) in [5.74, 6) is -1.34. The summed E-state index contributed by atoms with van der Waals surface area (Å²) in [4.78, 5) is 15.5. The molecular weight excluding hydrogens is 311 g/mol. The highest BCUT2D eigenvalue weighted by molar-refractivity contribution is 7.92. The molecule has 1 amide bonds. The van der Waals surface area contributed by atoms with Crippen LogP contribution in [0.25, 0.3) is 11.5 Å². The molecule has 22 heavy (non-hydrogen) atoms.